The van der Waals surface area contributed by atoms with Gasteiger partial charge in [0.25, 0.3) is 0 Å². The van der Waals surface area contributed by atoms with Crippen LogP contribution in [0.25, 0.3) is 0 Å². The van der Waals surface area contributed by atoms with Crippen LogP contribution in [-0.4, -0.2) is 42.5 Å². The normalized spacial score (nSPS) is 28.7. The predicted molar refractivity (Wildman–Crippen MR) is 74.3 cm³/mol. The maximum absolute atomic E-state index is 11.3. The summed E-state index contributed by atoms with van der Waals surface area (Å²) in [5, 5.41) is 0. The number of hydrogen-bond acceptors (Lipinski definition) is 7. The molecular formula is C15H21O7. The van der Waals surface area contributed by atoms with Crippen molar-refractivity contribution >= 4 is 24.2 Å². The number of carbonyl (C=O) groups excluding carboxylic acids is 4. The fourth-order valence-electron chi connectivity index (χ4n) is 2.58. The van der Waals surface area contributed by atoms with Gasteiger partial charge in [0, 0.05) is 26.7 Å². The summed E-state index contributed by atoms with van der Waals surface area (Å²) in [6.45, 7) is 3.72. The molecule has 0 N–H and O–H groups in total. The molecule has 1 aliphatic carbocycles. The molecule has 2 atom stereocenters. The van der Waals surface area contributed by atoms with E-state index in [1.54, 1.807) is 0 Å². The Morgan fingerprint density at radius 1 is 0.773 bits per heavy atom. The van der Waals surface area contributed by atoms with E-state index in [2.05, 4.69) is 0 Å². The Labute approximate surface area is 129 Å². The number of rotatable bonds is 4. The molecule has 1 radical (unpaired) electrons. The molecule has 0 aromatic rings. The zero-order valence-corrected chi connectivity index (χ0v) is 13.0. The molecule has 1 saturated carbocycles. The standard InChI is InChI=1S/C15H21O7/c1-9(17)20-13-6-4-12(8-16)5-7-14(21-10(2)18)15(13)22-11(3)19/h12-15H,4-7H2,1-3H3. The van der Waals surface area contributed by atoms with Crippen molar-refractivity contribution in [3.05, 3.63) is 0 Å². The second-order valence-electron chi connectivity index (χ2n) is 5.34. The summed E-state index contributed by atoms with van der Waals surface area (Å²) in [6, 6.07) is 0. The number of esters is 3. The fourth-order valence-corrected chi connectivity index (χ4v) is 2.58. The molecule has 1 rings (SSSR count). The highest BCUT2D eigenvalue weighted by Gasteiger charge is 2.39. The van der Waals surface area contributed by atoms with Crippen molar-refractivity contribution in [2.45, 2.75) is 64.8 Å². The average Bonchev–Trinajstić information content (AvgIpc) is 2.39. The van der Waals surface area contributed by atoms with Crippen LogP contribution < -0.4 is 0 Å². The zero-order chi connectivity index (χ0) is 16.7. The minimum absolute atomic E-state index is 0.325. The van der Waals surface area contributed by atoms with Gasteiger partial charge in [-0.15, -0.1) is 0 Å². The topological polar surface area (TPSA) is 96.0 Å². The Hall–Kier alpha value is -1.92. The van der Waals surface area contributed by atoms with Crippen LogP contribution in [0.1, 0.15) is 46.5 Å². The fraction of sp³-hybridized carbons (Fsp3) is 0.733. The van der Waals surface area contributed by atoms with Crippen molar-refractivity contribution < 1.29 is 33.4 Å². The third kappa shape index (κ3) is 5.83. The summed E-state index contributed by atoms with van der Waals surface area (Å²) in [7, 11) is 0. The van der Waals surface area contributed by atoms with Crippen molar-refractivity contribution in [1.82, 2.24) is 0 Å². The Kier molecular flexibility index (Phi) is 7.01. The molecule has 123 valence electrons. The highest BCUT2D eigenvalue weighted by Crippen LogP contribution is 2.28. The molecule has 1 aliphatic rings. The minimum atomic E-state index is -0.877. The van der Waals surface area contributed by atoms with Gasteiger partial charge in [-0.25, -0.2) is 0 Å². The van der Waals surface area contributed by atoms with Crippen molar-refractivity contribution in [3.63, 3.8) is 0 Å². The molecule has 0 aromatic heterocycles. The van der Waals surface area contributed by atoms with Gasteiger partial charge in [0.1, 0.15) is 12.2 Å². The maximum atomic E-state index is 11.3. The van der Waals surface area contributed by atoms with E-state index < -0.39 is 36.2 Å². The first-order chi connectivity index (χ1) is 10.3. The molecule has 0 aliphatic heterocycles. The Morgan fingerprint density at radius 2 is 1.18 bits per heavy atom. The maximum Gasteiger partial charge on any atom is 0.303 e. The molecule has 2 unspecified atom stereocenters. The summed E-state index contributed by atoms with van der Waals surface area (Å²) in [6.07, 6.45) is 1.12. The molecule has 0 heterocycles. The van der Waals surface area contributed by atoms with Crippen molar-refractivity contribution in [2.24, 2.45) is 5.92 Å². The highest BCUT2D eigenvalue weighted by atomic mass is 16.6. The predicted octanol–water partition coefficient (Wildman–Crippen LogP) is 1.08. The van der Waals surface area contributed by atoms with E-state index in [-0.39, 0.29) is 5.92 Å². The van der Waals surface area contributed by atoms with E-state index in [9.17, 15) is 19.2 Å². The van der Waals surface area contributed by atoms with Gasteiger partial charge in [0.2, 0.25) is 6.29 Å². The molecule has 0 saturated heterocycles. The van der Waals surface area contributed by atoms with Gasteiger partial charge in [-0.3, -0.25) is 19.2 Å². The smallest absolute Gasteiger partial charge is 0.303 e. The van der Waals surface area contributed by atoms with Gasteiger partial charge in [-0.2, -0.15) is 0 Å². The third-order valence-corrected chi connectivity index (χ3v) is 3.44. The van der Waals surface area contributed by atoms with E-state index in [4.69, 9.17) is 14.2 Å². The van der Waals surface area contributed by atoms with Gasteiger partial charge in [0.05, 0.1) is 0 Å². The van der Waals surface area contributed by atoms with Gasteiger partial charge < -0.3 is 14.2 Å². The molecule has 0 aromatic carbocycles. The van der Waals surface area contributed by atoms with E-state index >= 15 is 0 Å². The quantitative estimate of drug-likeness (QED) is 0.566. The van der Waals surface area contributed by atoms with Crippen LogP contribution in [0.2, 0.25) is 0 Å². The first-order valence-electron chi connectivity index (χ1n) is 7.22. The molecule has 7 nitrogen and oxygen atoms in total. The van der Waals surface area contributed by atoms with E-state index in [1.807, 2.05) is 6.29 Å². The first-order valence-corrected chi connectivity index (χ1v) is 7.22. The monoisotopic (exact) mass is 313 g/mol. The van der Waals surface area contributed by atoms with Crippen LogP contribution in [0.3, 0.4) is 0 Å². The van der Waals surface area contributed by atoms with E-state index in [0.717, 1.165) is 0 Å². The van der Waals surface area contributed by atoms with Crippen molar-refractivity contribution in [3.8, 4) is 0 Å². The second kappa shape index (κ2) is 8.51. The lowest BCUT2D eigenvalue weighted by molar-refractivity contribution is -0.185. The average molecular weight is 313 g/mol. The molecular weight excluding hydrogens is 292 g/mol. The lowest BCUT2D eigenvalue weighted by atomic mass is 9.87. The van der Waals surface area contributed by atoms with Crippen LogP contribution in [0.5, 0.6) is 0 Å². The lowest BCUT2D eigenvalue weighted by Crippen LogP contribution is -2.46. The third-order valence-electron chi connectivity index (χ3n) is 3.44. The summed E-state index contributed by atoms with van der Waals surface area (Å²) >= 11 is 0. The number of carbonyl (C=O) groups is 3. The zero-order valence-electron chi connectivity index (χ0n) is 13.0. The van der Waals surface area contributed by atoms with Gasteiger partial charge >= 0.3 is 17.9 Å². The van der Waals surface area contributed by atoms with Crippen LogP contribution >= 0.6 is 0 Å². The summed E-state index contributed by atoms with van der Waals surface area (Å²) < 4.78 is 15.6. The highest BCUT2D eigenvalue weighted by molar-refractivity contribution is 5.68. The SMILES string of the molecule is CC(=O)OC1CCC([C]=O)CCC(OC(C)=O)C1OC(C)=O. The summed E-state index contributed by atoms with van der Waals surface area (Å²) in [4.78, 5) is 44.8. The van der Waals surface area contributed by atoms with E-state index in [0.29, 0.717) is 25.7 Å². The van der Waals surface area contributed by atoms with Crippen LogP contribution in [0.15, 0.2) is 0 Å². The molecule has 1 fully saturated rings. The number of hydrogen-bond donors (Lipinski definition) is 0. The molecule has 22 heavy (non-hydrogen) atoms. The van der Waals surface area contributed by atoms with Crippen molar-refractivity contribution in [1.29, 1.82) is 0 Å². The Morgan fingerprint density at radius 3 is 1.50 bits per heavy atom. The second-order valence-corrected chi connectivity index (χ2v) is 5.34. The first kappa shape index (κ1) is 18.1. The molecule has 0 bridgehead atoms. The van der Waals surface area contributed by atoms with E-state index in [1.165, 1.54) is 20.8 Å². The minimum Gasteiger partial charge on any atom is -0.458 e. The largest absolute Gasteiger partial charge is 0.458 e. The summed E-state index contributed by atoms with van der Waals surface area (Å²) in [5.41, 5.74) is 0. The Bertz CT molecular complexity index is 404. The van der Waals surface area contributed by atoms with Crippen LogP contribution in [-0.2, 0) is 33.4 Å². The van der Waals surface area contributed by atoms with Gasteiger partial charge in [0.15, 0.2) is 6.10 Å². The summed E-state index contributed by atoms with van der Waals surface area (Å²) in [5.74, 6) is -1.94. The van der Waals surface area contributed by atoms with Crippen molar-refractivity contribution in [2.75, 3.05) is 0 Å². The molecule has 7 heteroatoms. The molecule has 0 spiro atoms. The van der Waals surface area contributed by atoms with Crippen LogP contribution in [0, 0.1) is 5.92 Å². The Balaban J connectivity index is 3.02. The van der Waals surface area contributed by atoms with Crippen LogP contribution in [0.4, 0.5) is 0 Å². The molecule has 0 amide bonds. The number of ether oxygens (including phenoxy) is 3. The van der Waals surface area contributed by atoms with Gasteiger partial charge in [-0.05, 0) is 25.7 Å². The van der Waals surface area contributed by atoms with Gasteiger partial charge in [-0.1, -0.05) is 0 Å². The lowest BCUT2D eigenvalue weighted by Gasteiger charge is -2.34.